The largest absolute Gasteiger partial charge is 0.444 e. The summed E-state index contributed by atoms with van der Waals surface area (Å²) in [5.74, 6) is -0.178. The molecule has 7 nitrogen and oxygen atoms in total. The van der Waals surface area contributed by atoms with Gasteiger partial charge in [0.25, 0.3) is 0 Å². The molecule has 0 saturated carbocycles. The van der Waals surface area contributed by atoms with E-state index in [4.69, 9.17) is 14.2 Å². The highest BCUT2D eigenvalue weighted by molar-refractivity contribution is 5.80. The highest BCUT2D eigenvalue weighted by Gasteiger charge is 2.32. The average molecular weight is 344 g/mol. The van der Waals surface area contributed by atoms with E-state index in [1.165, 1.54) is 0 Å². The molecule has 0 aromatic heterocycles. The highest BCUT2D eigenvalue weighted by Crippen LogP contribution is 2.20. The van der Waals surface area contributed by atoms with Gasteiger partial charge in [-0.1, -0.05) is 0 Å². The Morgan fingerprint density at radius 2 is 2.00 bits per heavy atom. The van der Waals surface area contributed by atoms with Gasteiger partial charge >= 0.3 is 6.09 Å². The van der Waals surface area contributed by atoms with Gasteiger partial charge in [-0.25, -0.2) is 4.79 Å². The first-order valence-corrected chi connectivity index (χ1v) is 8.71. The molecule has 0 aliphatic carbocycles. The van der Waals surface area contributed by atoms with Crippen molar-refractivity contribution < 1.29 is 23.8 Å². The molecule has 0 aromatic carbocycles. The maximum Gasteiger partial charge on any atom is 0.410 e. The molecule has 0 unspecified atom stereocenters. The van der Waals surface area contributed by atoms with Crippen LogP contribution in [0.5, 0.6) is 0 Å². The maximum absolute atomic E-state index is 12.2. The lowest BCUT2D eigenvalue weighted by Crippen LogP contribution is -2.46. The summed E-state index contributed by atoms with van der Waals surface area (Å²) < 4.78 is 16.0. The van der Waals surface area contributed by atoms with Crippen molar-refractivity contribution in [1.82, 2.24) is 10.2 Å². The second-order valence-corrected chi connectivity index (χ2v) is 6.92. The number of rotatable bonds is 8. The maximum atomic E-state index is 12.2. The van der Waals surface area contributed by atoms with Gasteiger partial charge in [0.05, 0.1) is 19.3 Å². The van der Waals surface area contributed by atoms with Crippen LogP contribution < -0.4 is 5.32 Å². The van der Waals surface area contributed by atoms with Crippen molar-refractivity contribution in [3.8, 4) is 0 Å². The smallest absolute Gasteiger partial charge is 0.410 e. The molecule has 1 heterocycles. The molecule has 1 saturated heterocycles. The lowest BCUT2D eigenvalue weighted by atomic mass is 10.2. The number of likely N-dealkylation sites (tertiary alicyclic amines) is 1. The summed E-state index contributed by atoms with van der Waals surface area (Å²) >= 11 is 0. The van der Waals surface area contributed by atoms with Gasteiger partial charge in [-0.3, -0.25) is 4.79 Å². The summed E-state index contributed by atoms with van der Waals surface area (Å²) in [5, 5.41) is 2.86. The third-order valence-corrected chi connectivity index (χ3v) is 3.69. The molecule has 1 N–H and O–H groups in total. The summed E-state index contributed by atoms with van der Waals surface area (Å²) in [7, 11) is 0. The minimum Gasteiger partial charge on any atom is -0.444 e. The number of nitrogens with one attached hydrogen (secondary N) is 1. The van der Waals surface area contributed by atoms with E-state index in [0.29, 0.717) is 32.9 Å². The lowest BCUT2D eigenvalue weighted by Gasteiger charge is -2.29. The molecule has 7 heteroatoms. The van der Waals surface area contributed by atoms with Gasteiger partial charge in [0.2, 0.25) is 5.91 Å². The topological polar surface area (TPSA) is 77.1 Å². The molecule has 1 aliphatic rings. The zero-order valence-corrected chi connectivity index (χ0v) is 15.6. The van der Waals surface area contributed by atoms with Crippen LogP contribution in [0.1, 0.15) is 47.5 Å². The Bertz CT molecular complexity index is 408. The van der Waals surface area contributed by atoms with Crippen LogP contribution >= 0.6 is 0 Å². The van der Waals surface area contributed by atoms with Gasteiger partial charge in [-0.05, 0) is 47.5 Å². The Balaban J connectivity index is 2.36. The molecule has 0 aromatic rings. The highest BCUT2D eigenvalue weighted by atomic mass is 16.6. The van der Waals surface area contributed by atoms with Gasteiger partial charge < -0.3 is 24.4 Å². The Hall–Kier alpha value is -1.34. The first-order chi connectivity index (χ1) is 11.2. The van der Waals surface area contributed by atoms with Gasteiger partial charge in [-0.15, -0.1) is 0 Å². The standard InChI is InChI=1S/C17H32N2O5/c1-6-22-10-11-23-13(2)15(20)18-12-14-8-7-9-19(14)16(21)24-17(3,4)5/h13-14H,6-12H2,1-5H3,(H,18,20)/t13-,14-/m0/s1. The van der Waals surface area contributed by atoms with E-state index in [-0.39, 0.29) is 18.0 Å². The van der Waals surface area contributed by atoms with Crippen molar-refractivity contribution in [2.75, 3.05) is 32.9 Å². The van der Waals surface area contributed by atoms with Crippen LogP contribution in [-0.4, -0.2) is 67.6 Å². The average Bonchev–Trinajstić information content (AvgIpc) is 2.95. The minimum atomic E-state index is -0.540. The number of hydrogen-bond donors (Lipinski definition) is 1. The molecule has 1 fully saturated rings. The SMILES string of the molecule is CCOCCO[C@@H](C)C(=O)NC[C@@H]1CCCN1C(=O)OC(C)(C)C. The van der Waals surface area contributed by atoms with Crippen molar-refractivity contribution in [3.05, 3.63) is 0 Å². The van der Waals surface area contributed by atoms with E-state index in [0.717, 1.165) is 12.8 Å². The zero-order valence-electron chi connectivity index (χ0n) is 15.6. The molecule has 0 spiro atoms. The van der Waals surface area contributed by atoms with Crippen LogP contribution in [0.15, 0.2) is 0 Å². The number of carbonyl (C=O) groups is 2. The lowest BCUT2D eigenvalue weighted by molar-refractivity contribution is -0.132. The van der Waals surface area contributed by atoms with Gasteiger partial charge in [0.15, 0.2) is 0 Å². The van der Waals surface area contributed by atoms with E-state index in [1.54, 1.807) is 11.8 Å². The van der Waals surface area contributed by atoms with Crippen LogP contribution in [0.3, 0.4) is 0 Å². The van der Waals surface area contributed by atoms with E-state index in [9.17, 15) is 9.59 Å². The Kier molecular flexibility index (Phi) is 8.48. The Morgan fingerprint density at radius 1 is 1.29 bits per heavy atom. The van der Waals surface area contributed by atoms with E-state index < -0.39 is 11.7 Å². The van der Waals surface area contributed by atoms with E-state index >= 15 is 0 Å². The summed E-state index contributed by atoms with van der Waals surface area (Å²) in [6, 6.07) is -0.0283. The van der Waals surface area contributed by atoms with Gasteiger partial charge in [-0.2, -0.15) is 0 Å². The van der Waals surface area contributed by atoms with Crippen LogP contribution in [0, 0.1) is 0 Å². The van der Waals surface area contributed by atoms with Crippen LogP contribution in [0.2, 0.25) is 0 Å². The number of ether oxygens (including phenoxy) is 3. The quantitative estimate of drug-likeness (QED) is 0.681. The fourth-order valence-electron chi connectivity index (χ4n) is 2.47. The normalized spacial score (nSPS) is 19.2. The first kappa shape index (κ1) is 20.7. The summed E-state index contributed by atoms with van der Waals surface area (Å²) in [5.41, 5.74) is -0.517. The molecule has 0 bridgehead atoms. The van der Waals surface area contributed by atoms with Crippen LogP contribution in [-0.2, 0) is 19.0 Å². The second kappa shape index (κ2) is 9.84. The Morgan fingerprint density at radius 3 is 2.62 bits per heavy atom. The molecule has 24 heavy (non-hydrogen) atoms. The summed E-state index contributed by atoms with van der Waals surface area (Å²) in [6.45, 7) is 11.7. The van der Waals surface area contributed by atoms with Gasteiger partial charge in [0.1, 0.15) is 11.7 Å². The molecule has 0 radical (unpaired) electrons. The molecular weight excluding hydrogens is 312 g/mol. The Labute approximate surface area is 145 Å². The van der Waals surface area contributed by atoms with Crippen molar-refractivity contribution in [1.29, 1.82) is 0 Å². The van der Waals surface area contributed by atoms with Gasteiger partial charge in [0, 0.05) is 19.7 Å². The molecule has 2 atom stereocenters. The first-order valence-electron chi connectivity index (χ1n) is 8.71. The fourth-order valence-corrected chi connectivity index (χ4v) is 2.47. The van der Waals surface area contributed by atoms with Crippen molar-refractivity contribution in [2.45, 2.75) is 65.2 Å². The predicted octanol–water partition coefficient (Wildman–Crippen LogP) is 1.94. The molecular formula is C17H32N2O5. The monoisotopic (exact) mass is 344 g/mol. The molecule has 1 rings (SSSR count). The summed E-state index contributed by atoms with van der Waals surface area (Å²) in [4.78, 5) is 26.0. The third-order valence-electron chi connectivity index (χ3n) is 3.69. The molecule has 1 aliphatic heterocycles. The van der Waals surface area contributed by atoms with Crippen molar-refractivity contribution >= 4 is 12.0 Å². The van der Waals surface area contributed by atoms with E-state index in [2.05, 4.69) is 5.32 Å². The third kappa shape index (κ3) is 7.49. The number of nitrogens with zero attached hydrogens (tertiary/aromatic N) is 1. The zero-order chi connectivity index (χ0) is 18.2. The molecule has 140 valence electrons. The summed E-state index contributed by atoms with van der Waals surface area (Å²) in [6.07, 6.45) is 0.918. The van der Waals surface area contributed by atoms with Crippen LogP contribution in [0.4, 0.5) is 4.79 Å². The second-order valence-electron chi connectivity index (χ2n) is 6.92. The molecule has 2 amide bonds. The number of amides is 2. The fraction of sp³-hybridized carbons (Fsp3) is 0.882. The van der Waals surface area contributed by atoms with Crippen molar-refractivity contribution in [2.24, 2.45) is 0 Å². The number of carbonyl (C=O) groups excluding carboxylic acids is 2. The van der Waals surface area contributed by atoms with E-state index in [1.807, 2.05) is 27.7 Å². The van der Waals surface area contributed by atoms with Crippen molar-refractivity contribution in [3.63, 3.8) is 0 Å². The minimum absolute atomic E-state index is 0.0283. The predicted molar refractivity (Wildman–Crippen MR) is 90.9 cm³/mol. The number of hydrogen-bond acceptors (Lipinski definition) is 5. The van der Waals surface area contributed by atoms with Crippen LogP contribution in [0.25, 0.3) is 0 Å².